The average Bonchev–Trinajstić information content (AvgIpc) is 2.40. The van der Waals surface area contributed by atoms with Crippen LogP contribution in [-0.2, 0) is 0 Å². The van der Waals surface area contributed by atoms with Gasteiger partial charge in [-0.3, -0.25) is 0 Å². The van der Waals surface area contributed by atoms with Crippen LogP contribution in [0.25, 0.3) is 0 Å². The lowest BCUT2D eigenvalue weighted by Gasteiger charge is -2.37. The van der Waals surface area contributed by atoms with Crippen molar-refractivity contribution in [2.24, 2.45) is 17.8 Å². The highest BCUT2D eigenvalue weighted by Gasteiger charge is 2.29. The molecule has 20 heavy (non-hydrogen) atoms. The third kappa shape index (κ3) is 8.29. The Balaban J connectivity index is 1.87. The first-order valence-electron chi connectivity index (χ1n) is 9.44. The van der Waals surface area contributed by atoms with Gasteiger partial charge in [0.25, 0.3) is 0 Å². The van der Waals surface area contributed by atoms with Gasteiger partial charge in [-0.2, -0.15) is 0 Å². The third-order valence-electron chi connectivity index (χ3n) is 4.96. The van der Waals surface area contributed by atoms with Gasteiger partial charge in [0.1, 0.15) is 0 Å². The smallest absolute Gasteiger partial charge is 0.00178 e. The van der Waals surface area contributed by atoms with Gasteiger partial charge in [0.2, 0.25) is 0 Å². The van der Waals surface area contributed by atoms with Crippen LogP contribution in [0.1, 0.15) is 91.4 Å². The SMILES string of the molecule is CCCCCCCCCCC1CCC1CNCC(C)C. The van der Waals surface area contributed by atoms with Gasteiger partial charge in [0.15, 0.2) is 0 Å². The molecule has 1 heteroatoms. The summed E-state index contributed by atoms with van der Waals surface area (Å²) < 4.78 is 0. The summed E-state index contributed by atoms with van der Waals surface area (Å²) in [7, 11) is 0. The molecule has 1 rings (SSSR count). The molecule has 0 aliphatic heterocycles. The highest BCUT2D eigenvalue weighted by atomic mass is 14.9. The van der Waals surface area contributed by atoms with Crippen LogP contribution in [-0.4, -0.2) is 13.1 Å². The lowest BCUT2D eigenvalue weighted by Crippen LogP contribution is -2.36. The summed E-state index contributed by atoms with van der Waals surface area (Å²) in [6.45, 7) is 9.36. The normalized spacial score (nSPS) is 22.2. The monoisotopic (exact) mass is 281 g/mol. The lowest BCUT2D eigenvalue weighted by atomic mass is 9.71. The predicted octanol–water partition coefficient (Wildman–Crippen LogP) is 5.79. The van der Waals surface area contributed by atoms with Gasteiger partial charge in [-0.15, -0.1) is 0 Å². The van der Waals surface area contributed by atoms with Gasteiger partial charge in [-0.25, -0.2) is 0 Å². The van der Waals surface area contributed by atoms with Gasteiger partial charge in [0, 0.05) is 0 Å². The Morgan fingerprint density at radius 3 is 2.00 bits per heavy atom. The molecular formula is C19H39N. The largest absolute Gasteiger partial charge is 0.316 e. The Morgan fingerprint density at radius 1 is 0.850 bits per heavy atom. The maximum atomic E-state index is 3.65. The molecule has 120 valence electrons. The van der Waals surface area contributed by atoms with Crippen molar-refractivity contribution < 1.29 is 0 Å². The second-order valence-corrected chi connectivity index (χ2v) is 7.41. The molecule has 1 nitrogen and oxygen atoms in total. The molecule has 1 aliphatic rings. The van der Waals surface area contributed by atoms with Crippen LogP contribution in [0.4, 0.5) is 0 Å². The summed E-state index contributed by atoms with van der Waals surface area (Å²) >= 11 is 0. The number of hydrogen-bond donors (Lipinski definition) is 1. The van der Waals surface area contributed by atoms with E-state index in [1.807, 2.05) is 0 Å². The van der Waals surface area contributed by atoms with Gasteiger partial charge >= 0.3 is 0 Å². The fourth-order valence-corrected chi connectivity index (χ4v) is 3.38. The van der Waals surface area contributed by atoms with E-state index in [1.54, 1.807) is 0 Å². The molecule has 0 aromatic rings. The van der Waals surface area contributed by atoms with Crippen molar-refractivity contribution in [3.63, 3.8) is 0 Å². The zero-order valence-corrected chi connectivity index (χ0v) is 14.4. The zero-order valence-electron chi connectivity index (χ0n) is 14.4. The van der Waals surface area contributed by atoms with Gasteiger partial charge in [0.05, 0.1) is 0 Å². The molecule has 1 aliphatic carbocycles. The average molecular weight is 282 g/mol. The van der Waals surface area contributed by atoms with E-state index < -0.39 is 0 Å². The molecule has 0 spiro atoms. The van der Waals surface area contributed by atoms with E-state index in [0.717, 1.165) is 17.8 Å². The fraction of sp³-hybridized carbons (Fsp3) is 1.00. The minimum absolute atomic E-state index is 0.793. The van der Waals surface area contributed by atoms with E-state index in [1.165, 1.54) is 83.7 Å². The molecule has 0 radical (unpaired) electrons. The van der Waals surface area contributed by atoms with Crippen molar-refractivity contribution in [1.29, 1.82) is 0 Å². The first-order chi connectivity index (χ1) is 9.74. The van der Waals surface area contributed by atoms with Crippen molar-refractivity contribution in [2.45, 2.75) is 91.4 Å². The second-order valence-electron chi connectivity index (χ2n) is 7.41. The number of unbranched alkanes of at least 4 members (excludes halogenated alkanes) is 7. The summed E-state index contributed by atoms with van der Waals surface area (Å²) in [5.41, 5.74) is 0. The molecule has 2 unspecified atom stereocenters. The molecule has 0 amide bonds. The van der Waals surface area contributed by atoms with Crippen LogP contribution < -0.4 is 5.32 Å². The summed E-state index contributed by atoms with van der Waals surface area (Å²) in [5.74, 6) is 2.84. The topological polar surface area (TPSA) is 12.0 Å². The quantitative estimate of drug-likeness (QED) is 0.421. The van der Waals surface area contributed by atoms with Crippen LogP contribution in [0.2, 0.25) is 0 Å². The van der Waals surface area contributed by atoms with Crippen molar-refractivity contribution in [2.75, 3.05) is 13.1 Å². The van der Waals surface area contributed by atoms with Crippen LogP contribution in [0.15, 0.2) is 0 Å². The Kier molecular flexibility index (Phi) is 10.4. The van der Waals surface area contributed by atoms with E-state index in [0.29, 0.717) is 0 Å². The minimum Gasteiger partial charge on any atom is -0.316 e. The zero-order chi connectivity index (χ0) is 14.6. The summed E-state index contributed by atoms with van der Waals surface area (Å²) in [6, 6.07) is 0. The van der Waals surface area contributed by atoms with E-state index in [4.69, 9.17) is 0 Å². The van der Waals surface area contributed by atoms with Crippen molar-refractivity contribution >= 4 is 0 Å². The van der Waals surface area contributed by atoms with E-state index in [-0.39, 0.29) is 0 Å². The molecule has 1 fully saturated rings. The fourth-order valence-electron chi connectivity index (χ4n) is 3.38. The summed E-state index contributed by atoms with van der Waals surface area (Å²) in [4.78, 5) is 0. The van der Waals surface area contributed by atoms with Crippen molar-refractivity contribution in [3.8, 4) is 0 Å². The predicted molar refractivity (Wildman–Crippen MR) is 91.1 cm³/mol. The summed E-state index contributed by atoms with van der Waals surface area (Å²) in [6.07, 6.45) is 16.1. The lowest BCUT2D eigenvalue weighted by molar-refractivity contribution is 0.155. The van der Waals surface area contributed by atoms with Crippen molar-refractivity contribution in [1.82, 2.24) is 5.32 Å². The van der Waals surface area contributed by atoms with Crippen LogP contribution in [0.5, 0.6) is 0 Å². The van der Waals surface area contributed by atoms with Crippen LogP contribution in [0.3, 0.4) is 0 Å². The number of nitrogens with one attached hydrogen (secondary N) is 1. The molecule has 0 aromatic heterocycles. The Labute approximate surface area is 128 Å². The Bertz CT molecular complexity index is 212. The molecule has 0 saturated heterocycles. The molecule has 0 heterocycles. The van der Waals surface area contributed by atoms with Crippen LogP contribution in [0, 0.1) is 17.8 Å². The van der Waals surface area contributed by atoms with Crippen molar-refractivity contribution in [3.05, 3.63) is 0 Å². The maximum absolute atomic E-state index is 3.65. The highest BCUT2D eigenvalue weighted by Crippen LogP contribution is 2.37. The van der Waals surface area contributed by atoms with E-state index in [9.17, 15) is 0 Å². The second kappa shape index (κ2) is 11.6. The highest BCUT2D eigenvalue weighted by molar-refractivity contribution is 4.82. The molecule has 1 saturated carbocycles. The van der Waals surface area contributed by atoms with Crippen LogP contribution >= 0.6 is 0 Å². The first kappa shape index (κ1) is 18.0. The van der Waals surface area contributed by atoms with Gasteiger partial charge in [-0.05, 0) is 43.7 Å². The van der Waals surface area contributed by atoms with E-state index >= 15 is 0 Å². The van der Waals surface area contributed by atoms with Gasteiger partial charge < -0.3 is 5.32 Å². The Morgan fingerprint density at radius 2 is 1.45 bits per heavy atom. The van der Waals surface area contributed by atoms with Gasteiger partial charge in [-0.1, -0.05) is 78.6 Å². The Hall–Kier alpha value is -0.0400. The minimum atomic E-state index is 0.793. The third-order valence-corrected chi connectivity index (χ3v) is 4.96. The van der Waals surface area contributed by atoms with E-state index in [2.05, 4.69) is 26.1 Å². The maximum Gasteiger partial charge on any atom is -0.00178 e. The standard InChI is InChI=1S/C19H39N/c1-4-5-6-7-8-9-10-11-12-18-13-14-19(18)16-20-15-17(2)3/h17-20H,4-16H2,1-3H3. The first-order valence-corrected chi connectivity index (χ1v) is 9.44. The molecule has 1 N–H and O–H groups in total. The molecule has 0 bridgehead atoms. The molecule has 2 atom stereocenters. The summed E-state index contributed by atoms with van der Waals surface area (Å²) in [5, 5.41) is 3.65. The number of hydrogen-bond acceptors (Lipinski definition) is 1. The molecule has 0 aromatic carbocycles. The number of rotatable bonds is 13. The molecular weight excluding hydrogens is 242 g/mol.